The van der Waals surface area contributed by atoms with Crippen molar-refractivity contribution in [3.63, 3.8) is 0 Å². The molecule has 0 aromatic heterocycles. The second-order valence-corrected chi connectivity index (χ2v) is 0. The van der Waals surface area contributed by atoms with Gasteiger partial charge in [-0.15, -0.1) is 0 Å². The van der Waals surface area contributed by atoms with Gasteiger partial charge in [0.05, 0.1) is 0 Å². The first-order valence-corrected chi connectivity index (χ1v) is 0. The van der Waals surface area contributed by atoms with Crippen molar-refractivity contribution < 1.29 is 147 Å². The van der Waals surface area contributed by atoms with E-state index in [1.165, 1.54) is 0 Å². The molecule has 0 nitrogen and oxygen atoms in total. The minimum atomic E-state index is 0. The van der Waals surface area contributed by atoms with E-state index in [4.69, 9.17) is 0 Å². The Morgan fingerprint density at radius 3 is 0.250 bits per heavy atom. The maximum Gasteiger partial charge on any atom is 0 e. The molecular formula is BW7. The van der Waals surface area contributed by atoms with E-state index in [1.54, 1.807) is 0 Å². The van der Waals surface area contributed by atoms with Crippen LogP contribution in [0.4, 0.5) is 0 Å². The molecular weight excluding hydrogens is 1300 g/mol. The SMILES string of the molecule is [B].[W].[W].[W].[W].[W].[W].[W]. The third-order valence-electron chi connectivity index (χ3n) is 0. The number of hydrogen-bond donors (Lipinski definition) is 0. The summed E-state index contributed by atoms with van der Waals surface area (Å²) in [5, 5.41) is 0. The molecule has 3 radical (unpaired) electrons. The van der Waals surface area contributed by atoms with Crippen LogP contribution in [-0.2, 0) is 147 Å². The summed E-state index contributed by atoms with van der Waals surface area (Å²) in [6.45, 7) is 0. The summed E-state index contributed by atoms with van der Waals surface area (Å²) in [5.41, 5.74) is 0. The molecule has 0 aliphatic heterocycles. The van der Waals surface area contributed by atoms with E-state index in [0.717, 1.165) is 0 Å². The van der Waals surface area contributed by atoms with Gasteiger partial charge in [-0.05, 0) is 0 Å². The molecule has 0 atom stereocenters. The van der Waals surface area contributed by atoms with Gasteiger partial charge in [-0.3, -0.25) is 0 Å². The van der Waals surface area contributed by atoms with Crippen molar-refractivity contribution in [2.75, 3.05) is 0 Å². The summed E-state index contributed by atoms with van der Waals surface area (Å²) in [6.07, 6.45) is 0. The molecule has 45 valence electrons. The Hall–Kier alpha value is 4.88. The largest absolute Gasteiger partial charge is 0 e. The first-order chi connectivity index (χ1) is 0. The summed E-state index contributed by atoms with van der Waals surface area (Å²) in [5.74, 6) is 0. The summed E-state index contributed by atoms with van der Waals surface area (Å²) < 4.78 is 0. The van der Waals surface area contributed by atoms with Crippen LogP contribution in [0, 0.1) is 0 Å². The van der Waals surface area contributed by atoms with E-state index in [9.17, 15) is 0 Å². The number of rotatable bonds is 0. The van der Waals surface area contributed by atoms with Crippen molar-refractivity contribution in [2.24, 2.45) is 0 Å². The molecule has 0 aromatic rings. The van der Waals surface area contributed by atoms with E-state index in [0.29, 0.717) is 0 Å². The van der Waals surface area contributed by atoms with Crippen LogP contribution in [0.15, 0.2) is 0 Å². The topological polar surface area (TPSA) is 0 Å². The third-order valence-corrected chi connectivity index (χ3v) is 0. The van der Waals surface area contributed by atoms with Gasteiger partial charge in [0.2, 0.25) is 0 Å². The first kappa shape index (κ1) is 76.3. The molecule has 0 spiro atoms. The van der Waals surface area contributed by atoms with Crippen molar-refractivity contribution in [1.29, 1.82) is 0 Å². The normalized spacial score (nSPS) is 0. The van der Waals surface area contributed by atoms with Gasteiger partial charge in [0.1, 0.15) is 0 Å². The molecule has 0 aliphatic carbocycles. The quantitative estimate of drug-likeness (QED) is 0.291. The minimum absolute atomic E-state index is 0. The zero-order valence-corrected chi connectivity index (χ0v) is 24.0. The molecule has 0 N–H and O–H groups in total. The van der Waals surface area contributed by atoms with E-state index < -0.39 is 0 Å². The average Bonchev–Trinajstić information content (AvgIpc) is 0. The molecule has 0 aliphatic rings. The molecule has 0 saturated heterocycles. The standard InChI is InChI=1S/B.7W. The Kier molecular flexibility index (Phi) is 563. The van der Waals surface area contributed by atoms with Gasteiger partial charge >= 0.3 is 0 Å². The Bertz CT molecular complexity index is 4.35. The summed E-state index contributed by atoms with van der Waals surface area (Å²) in [6, 6.07) is 0. The third kappa shape index (κ3) is 44.6. The second-order valence-electron chi connectivity index (χ2n) is 0. The van der Waals surface area contributed by atoms with Gasteiger partial charge in [-0.2, -0.15) is 0 Å². The van der Waals surface area contributed by atoms with Crippen LogP contribution >= 0.6 is 0 Å². The Labute approximate surface area is 152 Å². The molecule has 0 heterocycles. The van der Waals surface area contributed by atoms with Gasteiger partial charge in [0.15, 0.2) is 0 Å². The van der Waals surface area contributed by atoms with Crippen LogP contribution in [0.1, 0.15) is 0 Å². The predicted octanol–water partition coefficient (Wildman–Crippen LogP) is -0.398. The van der Waals surface area contributed by atoms with Crippen LogP contribution in [0.5, 0.6) is 0 Å². The smallest absolute Gasteiger partial charge is 0 e. The van der Waals surface area contributed by atoms with Crippen LogP contribution in [-0.4, -0.2) is 8.41 Å². The Morgan fingerprint density at radius 2 is 0.250 bits per heavy atom. The fourth-order valence-electron chi connectivity index (χ4n) is 0. The fraction of sp³-hybridized carbons (Fsp3) is 0. The average molecular weight is 1300 g/mol. The summed E-state index contributed by atoms with van der Waals surface area (Å²) in [7, 11) is 0. The van der Waals surface area contributed by atoms with Gasteiger partial charge in [-0.25, -0.2) is 0 Å². The number of hydrogen-bond acceptors (Lipinski definition) is 0. The molecule has 8 heteroatoms. The monoisotopic (exact) mass is 1300 g/mol. The molecule has 0 rings (SSSR count). The second kappa shape index (κ2) is 59.0. The van der Waals surface area contributed by atoms with E-state index >= 15 is 0 Å². The van der Waals surface area contributed by atoms with Gasteiger partial charge < -0.3 is 0 Å². The molecule has 0 unspecified atom stereocenters. The molecule has 0 amide bonds. The van der Waals surface area contributed by atoms with Gasteiger partial charge in [0.25, 0.3) is 0 Å². The van der Waals surface area contributed by atoms with Crippen LogP contribution < -0.4 is 0 Å². The minimum Gasteiger partial charge on any atom is 0 e. The maximum absolute atomic E-state index is 0. The predicted molar refractivity (Wildman–Crippen MR) is 5.75 cm³/mol. The Morgan fingerprint density at radius 1 is 0.250 bits per heavy atom. The van der Waals surface area contributed by atoms with Crippen molar-refractivity contribution in [1.82, 2.24) is 0 Å². The van der Waals surface area contributed by atoms with E-state index in [1.807, 2.05) is 0 Å². The zero-order chi connectivity index (χ0) is 0. The van der Waals surface area contributed by atoms with E-state index in [2.05, 4.69) is 0 Å². The van der Waals surface area contributed by atoms with Crippen LogP contribution in [0.3, 0.4) is 0 Å². The van der Waals surface area contributed by atoms with Crippen LogP contribution in [0.2, 0.25) is 0 Å². The molecule has 0 bridgehead atoms. The fourth-order valence-corrected chi connectivity index (χ4v) is 0. The van der Waals surface area contributed by atoms with Crippen molar-refractivity contribution in [3.05, 3.63) is 0 Å². The molecule has 0 fully saturated rings. The zero-order valence-electron chi connectivity index (χ0n) is 3.44. The molecule has 8 heavy (non-hydrogen) atoms. The van der Waals surface area contributed by atoms with Crippen molar-refractivity contribution >= 4 is 8.41 Å². The summed E-state index contributed by atoms with van der Waals surface area (Å²) in [4.78, 5) is 0. The molecule has 0 aromatic carbocycles. The maximum atomic E-state index is 0. The van der Waals surface area contributed by atoms with Crippen molar-refractivity contribution in [3.8, 4) is 0 Å². The van der Waals surface area contributed by atoms with Gasteiger partial charge in [0, 0.05) is 156 Å². The van der Waals surface area contributed by atoms with E-state index in [-0.39, 0.29) is 156 Å². The van der Waals surface area contributed by atoms with Gasteiger partial charge in [-0.1, -0.05) is 0 Å². The van der Waals surface area contributed by atoms with Crippen molar-refractivity contribution in [2.45, 2.75) is 0 Å². The van der Waals surface area contributed by atoms with Crippen LogP contribution in [0.25, 0.3) is 0 Å². The molecule has 0 saturated carbocycles. The Balaban J connectivity index is 0. The first-order valence-electron chi connectivity index (χ1n) is 0. The summed E-state index contributed by atoms with van der Waals surface area (Å²) >= 11 is 0.